The second kappa shape index (κ2) is 6.98. The lowest BCUT2D eigenvalue weighted by molar-refractivity contribution is 0.0276. The zero-order valence-corrected chi connectivity index (χ0v) is 9.61. The summed E-state index contributed by atoms with van der Waals surface area (Å²) < 4.78 is 5.36. The molecule has 1 aromatic carbocycles. The predicted molar refractivity (Wildman–Crippen MR) is 60.5 cm³/mol. The Morgan fingerprint density at radius 2 is 2.00 bits per heavy atom. The van der Waals surface area contributed by atoms with Gasteiger partial charge >= 0.3 is 0 Å². The SMILES string of the molecule is O[C@@H](CCBr)COCc1ccccc1. The van der Waals surface area contributed by atoms with Crippen molar-refractivity contribution in [2.75, 3.05) is 11.9 Å². The summed E-state index contributed by atoms with van der Waals surface area (Å²) in [6, 6.07) is 9.96. The fourth-order valence-electron chi connectivity index (χ4n) is 1.10. The Kier molecular flexibility index (Phi) is 5.83. The first-order valence-electron chi connectivity index (χ1n) is 4.68. The Balaban J connectivity index is 2.16. The first kappa shape index (κ1) is 11.7. The average Bonchev–Trinajstić information content (AvgIpc) is 2.20. The van der Waals surface area contributed by atoms with Gasteiger partial charge in [-0.25, -0.2) is 0 Å². The predicted octanol–water partition coefficient (Wildman–Crippen LogP) is 2.35. The van der Waals surface area contributed by atoms with E-state index in [2.05, 4.69) is 15.9 Å². The third kappa shape index (κ3) is 4.74. The average molecular weight is 259 g/mol. The van der Waals surface area contributed by atoms with Crippen molar-refractivity contribution >= 4 is 15.9 Å². The normalized spacial score (nSPS) is 12.7. The number of hydrogen-bond donors (Lipinski definition) is 1. The van der Waals surface area contributed by atoms with Crippen molar-refractivity contribution in [3.05, 3.63) is 35.9 Å². The highest BCUT2D eigenvalue weighted by Gasteiger charge is 2.02. The Labute approximate surface area is 93.0 Å². The van der Waals surface area contributed by atoms with Crippen LogP contribution in [0.5, 0.6) is 0 Å². The van der Waals surface area contributed by atoms with Crippen LogP contribution in [0.15, 0.2) is 30.3 Å². The minimum absolute atomic E-state index is 0.363. The second-order valence-electron chi connectivity index (χ2n) is 3.13. The van der Waals surface area contributed by atoms with Crippen LogP contribution in [0.4, 0.5) is 0 Å². The Morgan fingerprint density at radius 1 is 1.29 bits per heavy atom. The molecule has 1 rings (SSSR count). The van der Waals surface area contributed by atoms with Crippen molar-refractivity contribution in [3.63, 3.8) is 0 Å². The quantitative estimate of drug-likeness (QED) is 0.794. The summed E-state index contributed by atoms with van der Waals surface area (Å²) in [5.41, 5.74) is 1.14. The van der Waals surface area contributed by atoms with Crippen molar-refractivity contribution in [1.29, 1.82) is 0 Å². The van der Waals surface area contributed by atoms with Crippen LogP contribution in [0.1, 0.15) is 12.0 Å². The van der Waals surface area contributed by atoms with E-state index in [1.165, 1.54) is 0 Å². The van der Waals surface area contributed by atoms with Crippen molar-refractivity contribution in [2.45, 2.75) is 19.1 Å². The fraction of sp³-hybridized carbons (Fsp3) is 0.455. The molecule has 1 aromatic rings. The third-order valence-electron chi connectivity index (χ3n) is 1.86. The van der Waals surface area contributed by atoms with Gasteiger partial charge in [-0.2, -0.15) is 0 Å². The zero-order valence-electron chi connectivity index (χ0n) is 8.03. The molecule has 3 heteroatoms. The van der Waals surface area contributed by atoms with E-state index in [0.717, 1.165) is 17.3 Å². The van der Waals surface area contributed by atoms with Gasteiger partial charge in [0.15, 0.2) is 0 Å². The molecule has 0 radical (unpaired) electrons. The fourth-order valence-corrected chi connectivity index (χ4v) is 1.62. The van der Waals surface area contributed by atoms with E-state index >= 15 is 0 Å². The van der Waals surface area contributed by atoms with Gasteiger partial charge in [-0.3, -0.25) is 0 Å². The summed E-state index contributed by atoms with van der Waals surface area (Å²) in [5, 5.41) is 10.2. The number of alkyl halides is 1. The molecule has 0 aliphatic heterocycles. The first-order valence-corrected chi connectivity index (χ1v) is 5.81. The van der Waals surface area contributed by atoms with Gasteiger partial charge in [-0.05, 0) is 12.0 Å². The second-order valence-corrected chi connectivity index (χ2v) is 3.93. The van der Waals surface area contributed by atoms with E-state index in [0.29, 0.717) is 13.2 Å². The van der Waals surface area contributed by atoms with E-state index in [4.69, 9.17) is 4.74 Å². The van der Waals surface area contributed by atoms with Crippen LogP contribution < -0.4 is 0 Å². The van der Waals surface area contributed by atoms with Gasteiger partial charge in [-0.1, -0.05) is 46.3 Å². The molecule has 0 aliphatic carbocycles. The molecule has 0 aliphatic rings. The Hall–Kier alpha value is -0.380. The maximum absolute atomic E-state index is 9.37. The molecule has 78 valence electrons. The minimum Gasteiger partial charge on any atom is -0.391 e. The van der Waals surface area contributed by atoms with Gasteiger partial charge in [0.25, 0.3) is 0 Å². The topological polar surface area (TPSA) is 29.5 Å². The highest BCUT2D eigenvalue weighted by atomic mass is 79.9. The Morgan fingerprint density at radius 3 is 2.64 bits per heavy atom. The van der Waals surface area contributed by atoms with Gasteiger partial charge < -0.3 is 9.84 Å². The number of ether oxygens (including phenoxy) is 1. The molecule has 0 fully saturated rings. The van der Waals surface area contributed by atoms with E-state index in [1.54, 1.807) is 0 Å². The van der Waals surface area contributed by atoms with E-state index in [1.807, 2.05) is 30.3 Å². The van der Waals surface area contributed by atoms with Crippen molar-refractivity contribution in [1.82, 2.24) is 0 Å². The van der Waals surface area contributed by atoms with Gasteiger partial charge in [0, 0.05) is 5.33 Å². The summed E-state index contributed by atoms with van der Waals surface area (Å²) in [6.45, 7) is 0.973. The molecule has 1 atom stereocenters. The van der Waals surface area contributed by atoms with Gasteiger partial charge in [0.05, 0.1) is 19.3 Å². The van der Waals surface area contributed by atoms with Crippen molar-refractivity contribution in [3.8, 4) is 0 Å². The standard InChI is InChI=1S/C11H15BrO2/c12-7-6-11(13)9-14-8-10-4-2-1-3-5-10/h1-5,11,13H,6-9H2/t11-/m0/s1. The monoisotopic (exact) mass is 258 g/mol. The maximum atomic E-state index is 9.37. The van der Waals surface area contributed by atoms with Crippen LogP contribution in [0.2, 0.25) is 0 Å². The number of hydrogen-bond acceptors (Lipinski definition) is 2. The maximum Gasteiger partial charge on any atom is 0.0781 e. The van der Waals surface area contributed by atoms with E-state index in [9.17, 15) is 5.11 Å². The lowest BCUT2D eigenvalue weighted by Gasteiger charge is -2.09. The molecule has 0 saturated heterocycles. The molecular formula is C11H15BrO2. The highest BCUT2D eigenvalue weighted by molar-refractivity contribution is 9.09. The number of aliphatic hydroxyl groups excluding tert-OH is 1. The third-order valence-corrected chi connectivity index (χ3v) is 2.32. The number of halogens is 1. The van der Waals surface area contributed by atoms with Crippen LogP contribution in [0.3, 0.4) is 0 Å². The molecule has 0 bridgehead atoms. The van der Waals surface area contributed by atoms with Crippen LogP contribution in [-0.2, 0) is 11.3 Å². The summed E-state index contributed by atoms with van der Waals surface area (Å²) in [4.78, 5) is 0. The van der Waals surface area contributed by atoms with Gasteiger partial charge in [0.1, 0.15) is 0 Å². The molecule has 14 heavy (non-hydrogen) atoms. The molecule has 0 amide bonds. The molecule has 0 unspecified atom stereocenters. The molecule has 0 heterocycles. The molecule has 1 N–H and O–H groups in total. The van der Waals surface area contributed by atoms with Gasteiger partial charge in [0.2, 0.25) is 0 Å². The molecule has 0 spiro atoms. The van der Waals surface area contributed by atoms with Crippen LogP contribution in [0.25, 0.3) is 0 Å². The zero-order chi connectivity index (χ0) is 10.2. The lowest BCUT2D eigenvalue weighted by atomic mass is 10.2. The Bertz CT molecular complexity index is 238. The number of aliphatic hydroxyl groups is 1. The lowest BCUT2D eigenvalue weighted by Crippen LogP contribution is -2.15. The molecule has 0 saturated carbocycles. The van der Waals surface area contributed by atoms with E-state index < -0.39 is 0 Å². The molecule has 0 aromatic heterocycles. The smallest absolute Gasteiger partial charge is 0.0781 e. The number of benzene rings is 1. The largest absolute Gasteiger partial charge is 0.391 e. The summed E-state index contributed by atoms with van der Waals surface area (Å²) in [7, 11) is 0. The van der Waals surface area contributed by atoms with Crippen molar-refractivity contribution in [2.24, 2.45) is 0 Å². The molecule has 2 nitrogen and oxygen atoms in total. The van der Waals surface area contributed by atoms with Crippen LogP contribution in [0, 0.1) is 0 Å². The number of rotatable bonds is 6. The summed E-state index contributed by atoms with van der Waals surface area (Å²) >= 11 is 3.27. The van der Waals surface area contributed by atoms with Gasteiger partial charge in [-0.15, -0.1) is 0 Å². The van der Waals surface area contributed by atoms with Crippen LogP contribution in [-0.4, -0.2) is 23.1 Å². The summed E-state index contributed by atoms with van der Waals surface area (Å²) in [6.07, 6.45) is 0.368. The summed E-state index contributed by atoms with van der Waals surface area (Å²) in [5.74, 6) is 0. The van der Waals surface area contributed by atoms with Crippen molar-refractivity contribution < 1.29 is 9.84 Å². The van der Waals surface area contributed by atoms with E-state index in [-0.39, 0.29) is 6.10 Å². The highest BCUT2D eigenvalue weighted by Crippen LogP contribution is 2.02. The minimum atomic E-state index is -0.363. The molecular weight excluding hydrogens is 244 g/mol. The van der Waals surface area contributed by atoms with Crippen LogP contribution >= 0.6 is 15.9 Å². The first-order chi connectivity index (χ1) is 6.83.